The Bertz CT molecular complexity index is 485. The van der Waals surface area contributed by atoms with Crippen molar-refractivity contribution in [2.75, 3.05) is 37.6 Å². The van der Waals surface area contributed by atoms with Crippen LogP contribution >= 0.6 is 0 Å². The van der Waals surface area contributed by atoms with E-state index < -0.39 is 0 Å². The zero-order valence-electron chi connectivity index (χ0n) is 18.2. The first kappa shape index (κ1) is 22.3. The zero-order valence-corrected chi connectivity index (χ0v) is 18.2. The van der Waals surface area contributed by atoms with Crippen molar-refractivity contribution in [2.45, 2.75) is 90.9 Å². The van der Waals surface area contributed by atoms with Crippen molar-refractivity contribution < 1.29 is 0 Å². The molecular weight excluding hydrogens is 328 g/mol. The second kappa shape index (κ2) is 14.0. The van der Waals surface area contributed by atoms with E-state index in [9.17, 15) is 0 Å². The lowest BCUT2D eigenvalue weighted by Crippen LogP contribution is -2.30. The summed E-state index contributed by atoms with van der Waals surface area (Å²) in [5.41, 5.74) is 3.06. The van der Waals surface area contributed by atoms with Crippen molar-refractivity contribution in [2.24, 2.45) is 0 Å². The molecule has 0 atom stereocenters. The fourth-order valence-electron chi connectivity index (χ4n) is 4.40. The molecule has 1 aliphatic heterocycles. The van der Waals surface area contributed by atoms with E-state index in [4.69, 9.17) is 0 Å². The molecule has 0 fully saturated rings. The van der Waals surface area contributed by atoms with E-state index in [1.807, 2.05) is 0 Å². The first-order valence-corrected chi connectivity index (χ1v) is 11.9. The van der Waals surface area contributed by atoms with E-state index in [1.165, 1.54) is 115 Å². The van der Waals surface area contributed by atoms with Crippen LogP contribution in [0.4, 0.5) is 5.69 Å². The number of aryl methyl sites for hydroxylation is 1. The maximum absolute atomic E-state index is 2.68. The SMILES string of the molecule is CCCCN(CCC)CCCCCCCCCN1CCCc2ccccc21. The highest BCUT2D eigenvalue weighted by Crippen LogP contribution is 2.26. The Morgan fingerprint density at radius 1 is 0.778 bits per heavy atom. The van der Waals surface area contributed by atoms with Crippen molar-refractivity contribution in [3.8, 4) is 0 Å². The lowest BCUT2D eigenvalue weighted by Gasteiger charge is -2.31. The van der Waals surface area contributed by atoms with Gasteiger partial charge in [-0.25, -0.2) is 0 Å². The van der Waals surface area contributed by atoms with Crippen LogP contribution < -0.4 is 4.90 Å². The maximum atomic E-state index is 2.68. The fourth-order valence-corrected chi connectivity index (χ4v) is 4.40. The highest BCUT2D eigenvalue weighted by atomic mass is 15.1. The number of hydrogen-bond acceptors (Lipinski definition) is 2. The van der Waals surface area contributed by atoms with Crippen LogP contribution in [0.25, 0.3) is 0 Å². The van der Waals surface area contributed by atoms with Gasteiger partial charge in [0.25, 0.3) is 0 Å². The van der Waals surface area contributed by atoms with Crippen LogP contribution in [-0.4, -0.2) is 37.6 Å². The Morgan fingerprint density at radius 3 is 2.26 bits per heavy atom. The molecule has 1 aromatic carbocycles. The molecule has 0 saturated carbocycles. The van der Waals surface area contributed by atoms with Gasteiger partial charge < -0.3 is 9.80 Å². The molecule has 0 radical (unpaired) electrons. The molecule has 0 saturated heterocycles. The van der Waals surface area contributed by atoms with Crippen LogP contribution in [0.3, 0.4) is 0 Å². The van der Waals surface area contributed by atoms with E-state index in [-0.39, 0.29) is 0 Å². The summed E-state index contributed by atoms with van der Waals surface area (Å²) in [6, 6.07) is 9.01. The number of anilines is 1. The minimum Gasteiger partial charge on any atom is -0.371 e. The van der Waals surface area contributed by atoms with Gasteiger partial charge in [0, 0.05) is 18.8 Å². The largest absolute Gasteiger partial charge is 0.371 e. The maximum Gasteiger partial charge on any atom is 0.0398 e. The summed E-state index contributed by atoms with van der Waals surface area (Å²) in [6.45, 7) is 11.0. The van der Waals surface area contributed by atoms with Gasteiger partial charge in [0.05, 0.1) is 0 Å². The van der Waals surface area contributed by atoms with Crippen LogP contribution in [0.1, 0.15) is 90.0 Å². The lowest BCUT2D eigenvalue weighted by atomic mass is 10.0. The minimum absolute atomic E-state index is 1.25. The molecule has 27 heavy (non-hydrogen) atoms. The molecule has 1 aromatic rings. The third-order valence-corrected chi connectivity index (χ3v) is 5.98. The summed E-state index contributed by atoms with van der Waals surface area (Å²) >= 11 is 0. The van der Waals surface area contributed by atoms with E-state index in [2.05, 4.69) is 47.9 Å². The van der Waals surface area contributed by atoms with Gasteiger partial charge in [0.2, 0.25) is 0 Å². The molecule has 2 nitrogen and oxygen atoms in total. The smallest absolute Gasteiger partial charge is 0.0398 e. The van der Waals surface area contributed by atoms with Gasteiger partial charge >= 0.3 is 0 Å². The Hall–Kier alpha value is -1.02. The molecule has 2 heteroatoms. The van der Waals surface area contributed by atoms with E-state index in [0.717, 1.165) is 0 Å². The van der Waals surface area contributed by atoms with Crippen LogP contribution in [0, 0.1) is 0 Å². The summed E-state index contributed by atoms with van der Waals surface area (Å²) in [5.74, 6) is 0. The van der Waals surface area contributed by atoms with Crippen molar-refractivity contribution >= 4 is 5.69 Å². The van der Waals surface area contributed by atoms with Crippen LogP contribution in [0.2, 0.25) is 0 Å². The number of para-hydroxylation sites is 1. The molecule has 0 N–H and O–H groups in total. The third kappa shape index (κ3) is 8.68. The second-order valence-electron chi connectivity index (χ2n) is 8.39. The molecule has 0 aliphatic carbocycles. The third-order valence-electron chi connectivity index (χ3n) is 5.98. The highest BCUT2D eigenvalue weighted by Gasteiger charge is 2.15. The van der Waals surface area contributed by atoms with Gasteiger partial charge in [0.1, 0.15) is 0 Å². The number of nitrogens with zero attached hydrogens (tertiary/aromatic N) is 2. The topological polar surface area (TPSA) is 6.48 Å². The zero-order chi connectivity index (χ0) is 19.2. The molecule has 2 rings (SSSR count). The lowest BCUT2D eigenvalue weighted by molar-refractivity contribution is 0.263. The second-order valence-corrected chi connectivity index (χ2v) is 8.39. The van der Waals surface area contributed by atoms with Crippen LogP contribution in [0.5, 0.6) is 0 Å². The number of rotatable bonds is 15. The Kier molecular flexibility index (Phi) is 11.6. The van der Waals surface area contributed by atoms with E-state index >= 15 is 0 Å². The van der Waals surface area contributed by atoms with Crippen molar-refractivity contribution in [1.82, 2.24) is 4.90 Å². The summed E-state index contributed by atoms with van der Waals surface area (Å²) in [6.07, 6.45) is 16.4. The first-order chi connectivity index (χ1) is 13.3. The summed E-state index contributed by atoms with van der Waals surface area (Å²) in [5, 5.41) is 0. The van der Waals surface area contributed by atoms with Gasteiger partial charge in [0.15, 0.2) is 0 Å². The quantitative estimate of drug-likeness (QED) is 0.317. The molecule has 0 bridgehead atoms. The normalized spacial score (nSPS) is 14.0. The Morgan fingerprint density at radius 2 is 1.48 bits per heavy atom. The monoisotopic (exact) mass is 372 g/mol. The van der Waals surface area contributed by atoms with Gasteiger partial charge in [-0.1, -0.05) is 70.6 Å². The number of unbranched alkanes of at least 4 members (excludes halogenated alkanes) is 7. The fraction of sp³-hybridized carbons (Fsp3) is 0.760. The predicted octanol–water partition coefficient (Wildman–Crippen LogP) is 6.68. The highest BCUT2D eigenvalue weighted by molar-refractivity contribution is 5.55. The number of hydrogen-bond donors (Lipinski definition) is 0. The molecule has 0 spiro atoms. The van der Waals surface area contributed by atoms with Gasteiger partial charge in [-0.3, -0.25) is 0 Å². The molecule has 1 aliphatic rings. The summed E-state index contributed by atoms with van der Waals surface area (Å²) < 4.78 is 0. The molecular formula is C25H44N2. The average molecular weight is 373 g/mol. The molecule has 0 amide bonds. The van der Waals surface area contributed by atoms with Gasteiger partial charge in [-0.15, -0.1) is 0 Å². The van der Waals surface area contributed by atoms with Gasteiger partial charge in [-0.2, -0.15) is 0 Å². The molecule has 0 aromatic heterocycles. The summed E-state index contributed by atoms with van der Waals surface area (Å²) in [7, 11) is 0. The van der Waals surface area contributed by atoms with Crippen molar-refractivity contribution in [3.63, 3.8) is 0 Å². The average Bonchev–Trinajstić information content (AvgIpc) is 2.70. The summed E-state index contributed by atoms with van der Waals surface area (Å²) in [4.78, 5) is 5.30. The van der Waals surface area contributed by atoms with Crippen molar-refractivity contribution in [1.29, 1.82) is 0 Å². The Labute approximate surface area is 169 Å². The molecule has 0 unspecified atom stereocenters. The van der Waals surface area contributed by atoms with E-state index in [0.29, 0.717) is 0 Å². The predicted molar refractivity (Wildman–Crippen MR) is 121 cm³/mol. The number of benzene rings is 1. The van der Waals surface area contributed by atoms with Crippen molar-refractivity contribution in [3.05, 3.63) is 29.8 Å². The first-order valence-electron chi connectivity index (χ1n) is 11.9. The van der Waals surface area contributed by atoms with Gasteiger partial charge in [-0.05, 0) is 69.8 Å². The molecule has 1 heterocycles. The molecule has 154 valence electrons. The Balaban J connectivity index is 1.47. The number of fused-ring (bicyclic) bond motifs is 1. The van der Waals surface area contributed by atoms with Crippen LogP contribution in [-0.2, 0) is 6.42 Å². The standard InChI is InChI=1S/C25H44N2/c1-3-5-20-26(19-4-2)21-13-9-7-6-8-10-14-22-27-23-15-17-24-16-11-12-18-25(24)27/h11-12,16,18H,3-10,13-15,17,19-23H2,1-2H3. The minimum atomic E-state index is 1.25. The van der Waals surface area contributed by atoms with E-state index in [1.54, 1.807) is 5.56 Å². The van der Waals surface area contributed by atoms with Crippen LogP contribution in [0.15, 0.2) is 24.3 Å².